The van der Waals surface area contributed by atoms with Crippen molar-refractivity contribution in [3.63, 3.8) is 0 Å². The van der Waals surface area contributed by atoms with Gasteiger partial charge in [-0.05, 0) is 19.1 Å². The van der Waals surface area contributed by atoms with Crippen molar-refractivity contribution in [3.05, 3.63) is 47.3 Å². The van der Waals surface area contributed by atoms with Gasteiger partial charge in [-0.25, -0.2) is 14.4 Å². The molecular weight excluding hydrogens is 328 g/mol. The number of aromatic nitrogens is 3. The van der Waals surface area contributed by atoms with Crippen LogP contribution in [0, 0.1) is 12.7 Å². The second kappa shape index (κ2) is 5.73. The normalized spacial score (nSPS) is 11.9. The average molecular weight is 340 g/mol. The topological polar surface area (TPSA) is 55.1 Å². The number of hydrogen-bond acceptors (Lipinski definition) is 5. The highest BCUT2D eigenvalue weighted by Crippen LogP contribution is 2.30. The maximum Gasteiger partial charge on any atom is 0.433 e. The van der Waals surface area contributed by atoms with E-state index in [0.717, 1.165) is 6.07 Å². The molecule has 0 aliphatic carbocycles. The van der Waals surface area contributed by atoms with Crippen LogP contribution in [0.2, 0.25) is 0 Å². The Morgan fingerprint density at radius 3 is 2.62 bits per heavy atom. The van der Waals surface area contributed by atoms with Gasteiger partial charge in [0.15, 0.2) is 5.58 Å². The fourth-order valence-electron chi connectivity index (χ4n) is 2.28. The molecule has 24 heavy (non-hydrogen) atoms. The highest BCUT2D eigenvalue weighted by Gasteiger charge is 2.33. The van der Waals surface area contributed by atoms with Crippen molar-refractivity contribution >= 4 is 16.8 Å². The van der Waals surface area contributed by atoms with Crippen molar-refractivity contribution in [1.82, 2.24) is 15.1 Å². The monoisotopic (exact) mass is 340 g/mol. The molecule has 0 atom stereocenters. The number of fused-ring (bicyclic) bond motifs is 1. The maximum atomic E-state index is 13.2. The van der Waals surface area contributed by atoms with Crippen molar-refractivity contribution in [2.24, 2.45) is 0 Å². The van der Waals surface area contributed by atoms with Crippen molar-refractivity contribution in [2.45, 2.75) is 19.6 Å². The van der Waals surface area contributed by atoms with Gasteiger partial charge in [0.05, 0.1) is 6.54 Å². The highest BCUT2D eigenvalue weighted by atomic mass is 19.4. The van der Waals surface area contributed by atoms with E-state index in [0.29, 0.717) is 11.1 Å². The smallest absolute Gasteiger partial charge is 0.356 e. The minimum absolute atomic E-state index is 0.0127. The summed E-state index contributed by atoms with van der Waals surface area (Å²) in [5.74, 6) is -0.341. The molecule has 0 aliphatic heterocycles. The lowest BCUT2D eigenvalue weighted by Gasteiger charge is -2.18. The molecule has 0 aliphatic rings. The Balaban J connectivity index is 1.91. The summed E-state index contributed by atoms with van der Waals surface area (Å²) in [5, 5.41) is 4.43. The van der Waals surface area contributed by atoms with Gasteiger partial charge < -0.3 is 9.42 Å². The van der Waals surface area contributed by atoms with E-state index >= 15 is 0 Å². The van der Waals surface area contributed by atoms with Gasteiger partial charge in [-0.2, -0.15) is 13.2 Å². The van der Waals surface area contributed by atoms with Crippen LogP contribution in [0.25, 0.3) is 11.0 Å². The summed E-state index contributed by atoms with van der Waals surface area (Å²) in [7, 11) is 1.58. The van der Waals surface area contributed by atoms with E-state index in [1.807, 2.05) is 0 Å². The summed E-state index contributed by atoms with van der Waals surface area (Å²) in [6.07, 6.45) is -4.55. The highest BCUT2D eigenvalue weighted by molar-refractivity contribution is 5.79. The third kappa shape index (κ3) is 3.15. The molecule has 0 unspecified atom stereocenters. The van der Waals surface area contributed by atoms with Gasteiger partial charge in [-0.15, -0.1) is 0 Å². The van der Waals surface area contributed by atoms with Crippen LogP contribution in [0.15, 0.2) is 28.8 Å². The summed E-state index contributed by atoms with van der Waals surface area (Å²) in [4.78, 5) is 8.91. The quantitative estimate of drug-likeness (QED) is 0.680. The number of alkyl halides is 3. The number of anilines is 1. The van der Waals surface area contributed by atoms with Gasteiger partial charge in [0, 0.05) is 24.6 Å². The van der Waals surface area contributed by atoms with Gasteiger partial charge in [-0.3, -0.25) is 0 Å². The van der Waals surface area contributed by atoms with Crippen LogP contribution in [0.1, 0.15) is 17.2 Å². The first-order valence-electron chi connectivity index (χ1n) is 6.92. The van der Waals surface area contributed by atoms with Crippen molar-refractivity contribution in [2.75, 3.05) is 11.9 Å². The fourth-order valence-corrected chi connectivity index (χ4v) is 2.28. The Hall–Kier alpha value is -2.71. The van der Waals surface area contributed by atoms with Crippen LogP contribution in [0.3, 0.4) is 0 Å². The number of aryl methyl sites for hydroxylation is 1. The van der Waals surface area contributed by atoms with Crippen LogP contribution in [0.5, 0.6) is 0 Å². The van der Waals surface area contributed by atoms with Crippen LogP contribution < -0.4 is 4.90 Å². The lowest BCUT2D eigenvalue weighted by molar-refractivity contribution is -0.141. The minimum atomic E-state index is -4.55. The zero-order valence-electron chi connectivity index (χ0n) is 12.7. The second-order valence-electron chi connectivity index (χ2n) is 5.28. The molecule has 126 valence electrons. The molecule has 0 N–H and O–H groups in total. The largest absolute Gasteiger partial charge is 0.433 e. The van der Waals surface area contributed by atoms with Gasteiger partial charge in [0.25, 0.3) is 0 Å². The predicted molar refractivity (Wildman–Crippen MR) is 77.8 cm³/mol. The van der Waals surface area contributed by atoms with E-state index in [4.69, 9.17) is 4.52 Å². The van der Waals surface area contributed by atoms with E-state index in [2.05, 4.69) is 15.1 Å². The molecule has 5 nitrogen and oxygen atoms in total. The van der Waals surface area contributed by atoms with Crippen LogP contribution in [-0.4, -0.2) is 22.2 Å². The molecule has 0 fully saturated rings. The lowest BCUT2D eigenvalue weighted by Crippen LogP contribution is -2.20. The lowest BCUT2D eigenvalue weighted by atomic mass is 10.2. The third-order valence-corrected chi connectivity index (χ3v) is 3.40. The van der Waals surface area contributed by atoms with Gasteiger partial charge in [0.2, 0.25) is 0 Å². The molecule has 3 rings (SSSR count). The molecule has 0 radical (unpaired) electrons. The molecule has 0 saturated carbocycles. The Morgan fingerprint density at radius 1 is 1.17 bits per heavy atom. The first-order valence-corrected chi connectivity index (χ1v) is 6.92. The number of nitrogens with zero attached hydrogens (tertiary/aromatic N) is 4. The summed E-state index contributed by atoms with van der Waals surface area (Å²) >= 11 is 0. The van der Waals surface area contributed by atoms with Crippen molar-refractivity contribution in [1.29, 1.82) is 0 Å². The van der Waals surface area contributed by atoms with E-state index in [-0.39, 0.29) is 23.8 Å². The summed E-state index contributed by atoms with van der Waals surface area (Å²) in [6, 6.07) is 4.84. The average Bonchev–Trinajstić information content (AvgIpc) is 2.87. The summed E-state index contributed by atoms with van der Waals surface area (Å²) < 4.78 is 56.8. The van der Waals surface area contributed by atoms with E-state index in [9.17, 15) is 17.6 Å². The molecular formula is C15H12F4N4O. The van der Waals surface area contributed by atoms with Crippen LogP contribution in [0.4, 0.5) is 23.4 Å². The third-order valence-electron chi connectivity index (χ3n) is 3.40. The van der Waals surface area contributed by atoms with Crippen molar-refractivity contribution in [3.8, 4) is 0 Å². The second-order valence-corrected chi connectivity index (χ2v) is 5.28. The fraction of sp³-hybridized carbons (Fsp3) is 0.267. The zero-order chi connectivity index (χ0) is 17.5. The molecule has 0 bridgehead atoms. The van der Waals surface area contributed by atoms with Crippen LogP contribution in [-0.2, 0) is 12.7 Å². The van der Waals surface area contributed by atoms with Crippen LogP contribution >= 0.6 is 0 Å². The zero-order valence-corrected chi connectivity index (χ0v) is 12.7. The number of halogens is 4. The standard InChI is InChI=1S/C15H12F4N4O/c1-8-20-13(15(17,18)19)6-14(21-8)23(2)7-11-10-4-3-9(16)5-12(10)24-22-11/h3-6H,7H2,1-2H3. The number of benzene rings is 1. The molecule has 0 amide bonds. The molecule has 2 aromatic heterocycles. The SMILES string of the molecule is Cc1nc(N(C)Cc2noc3cc(F)ccc23)cc(C(F)(F)F)n1. The van der Waals surface area contributed by atoms with E-state index in [1.54, 1.807) is 7.05 Å². The number of rotatable bonds is 3. The summed E-state index contributed by atoms with van der Waals surface area (Å²) in [5.41, 5.74) is -0.269. The molecule has 1 aromatic carbocycles. The molecule has 9 heteroatoms. The molecule has 2 heterocycles. The Bertz CT molecular complexity index is 891. The minimum Gasteiger partial charge on any atom is -0.356 e. The van der Waals surface area contributed by atoms with Gasteiger partial charge in [0.1, 0.15) is 28.8 Å². The molecule has 0 saturated heterocycles. The predicted octanol–water partition coefficient (Wildman–Crippen LogP) is 3.72. The van der Waals surface area contributed by atoms with Crippen molar-refractivity contribution < 1.29 is 22.1 Å². The van der Waals surface area contributed by atoms with E-state index in [1.165, 1.54) is 30.0 Å². The first-order chi connectivity index (χ1) is 11.2. The maximum absolute atomic E-state index is 13.2. The summed E-state index contributed by atoms with van der Waals surface area (Å²) in [6.45, 7) is 1.53. The molecule has 3 aromatic rings. The van der Waals surface area contributed by atoms with Gasteiger partial charge in [-0.1, -0.05) is 5.16 Å². The Kier molecular flexibility index (Phi) is 3.86. The first kappa shape index (κ1) is 16.2. The van der Waals surface area contributed by atoms with E-state index < -0.39 is 17.7 Å². The van der Waals surface area contributed by atoms with Gasteiger partial charge >= 0.3 is 6.18 Å². The number of hydrogen-bond donors (Lipinski definition) is 0. The Morgan fingerprint density at radius 2 is 1.92 bits per heavy atom. The molecule has 0 spiro atoms. The Labute approximate surface area is 133 Å².